The van der Waals surface area contributed by atoms with Crippen LogP contribution in [0.4, 0.5) is 0 Å². The van der Waals surface area contributed by atoms with E-state index in [9.17, 15) is 5.11 Å². The lowest BCUT2D eigenvalue weighted by molar-refractivity contribution is -0.904. The number of fused-ring (bicyclic) bond motifs is 3. The lowest BCUT2D eigenvalue weighted by Crippen LogP contribution is -3.13. The third kappa shape index (κ3) is 5.15. The highest BCUT2D eigenvalue weighted by atomic mass is 16.3. The number of nitrogens with zero attached hydrogens (tertiary/aromatic N) is 1. The van der Waals surface area contributed by atoms with Gasteiger partial charge in [0.2, 0.25) is 0 Å². The van der Waals surface area contributed by atoms with Crippen molar-refractivity contribution in [2.75, 3.05) is 19.6 Å². The number of benzene rings is 2. The largest absolute Gasteiger partial charge is 0.385 e. The summed E-state index contributed by atoms with van der Waals surface area (Å²) >= 11 is 0. The number of hydrogen-bond donors (Lipinski definition) is 2. The fourth-order valence-electron chi connectivity index (χ4n) is 4.12. The number of quaternary nitrogens is 1. The van der Waals surface area contributed by atoms with Crippen LogP contribution in [0.2, 0.25) is 0 Å². The summed E-state index contributed by atoms with van der Waals surface area (Å²) < 4.78 is 2.30. The van der Waals surface area contributed by atoms with E-state index in [0.29, 0.717) is 18.4 Å². The highest BCUT2D eigenvalue weighted by Gasteiger charge is 2.19. The van der Waals surface area contributed by atoms with Crippen molar-refractivity contribution < 1.29 is 10.0 Å². The molecule has 0 saturated carbocycles. The van der Waals surface area contributed by atoms with Gasteiger partial charge in [-0.1, -0.05) is 64.1 Å². The Hall–Kier alpha value is -1.84. The molecule has 1 heterocycles. The van der Waals surface area contributed by atoms with Gasteiger partial charge in [-0.3, -0.25) is 0 Å². The molecule has 28 heavy (non-hydrogen) atoms. The van der Waals surface area contributed by atoms with Crippen LogP contribution >= 0.6 is 0 Å². The SMILES string of the molecule is CC(C)CC[NH+](CCC(C)C)C[C@H](O)Cn1c2ccccc2c2ccccc21. The Morgan fingerprint density at radius 1 is 0.786 bits per heavy atom. The Balaban J connectivity index is 1.77. The summed E-state index contributed by atoms with van der Waals surface area (Å²) in [6.07, 6.45) is 2.10. The van der Waals surface area contributed by atoms with Crippen LogP contribution in [-0.2, 0) is 6.54 Å². The highest BCUT2D eigenvalue weighted by molar-refractivity contribution is 6.07. The van der Waals surface area contributed by atoms with Gasteiger partial charge in [-0.25, -0.2) is 0 Å². The van der Waals surface area contributed by atoms with Crippen LogP contribution < -0.4 is 4.90 Å². The van der Waals surface area contributed by atoms with E-state index < -0.39 is 0 Å². The Morgan fingerprint density at radius 3 is 1.71 bits per heavy atom. The summed E-state index contributed by atoms with van der Waals surface area (Å²) in [6.45, 7) is 12.9. The minimum atomic E-state index is -0.339. The summed E-state index contributed by atoms with van der Waals surface area (Å²) in [6, 6.07) is 17.1. The predicted octanol–water partition coefficient (Wildman–Crippen LogP) is 4.13. The molecular weight excluding hydrogens is 344 g/mol. The second-order valence-corrected chi connectivity index (χ2v) is 9.12. The van der Waals surface area contributed by atoms with Crippen LogP contribution in [0, 0.1) is 11.8 Å². The summed E-state index contributed by atoms with van der Waals surface area (Å²) in [5, 5.41) is 13.5. The molecule has 3 heteroatoms. The normalized spacial score (nSPS) is 13.4. The molecule has 1 aromatic heterocycles. The molecule has 0 spiro atoms. The zero-order chi connectivity index (χ0) is 20.1. The lowest BCUT2D eigenvalue weighted by Gasteiger charge is -2.24. The minimum Gasteiger partial charge on any atom is -0.385 e. The molecule has 0 fully saturated rings. The third-order valence-corrected chi connectivity index (χ3v) is 5.75. The number of aliphatic hydroxyl groups is 1. The summed E-state index contributed by atoms with van der Waals surface area (Å²) in [5.41, 5.74) is 2.43. The molecule has 152 valence electrons. The van der Waals surface area contributed by atoms with Crippen molar-refractivity contribution in [3.8, 4) is 0 Å². The zero-order valence-electron chi connectivity index (χ0n) is 18.0. The van der Waals surface area contributed by atoms with Crippen molar-refractivity contribution in [2.45, 2.75) is 53.2 Å². The number of rotatable bonds is 10. The Kier molecular flexibility index (Phi) is 7.14. The van der Waals surface area contributed by atoms with Crippen LogP contribution in [-0.4, -0.2) is 35.4 Å². The first kappa shape index (κ1) is 20.9. The van der Waals surface area contributed by atoms with Crippen molar-refractivity contribution >= 4 is 21.8 Å². The smallest absolute Gasteiger partial charge is 0.121 e. The minimum absolute atomic E-state index is 0.339. The second-order valence-electron chi connectivity index (χ2n) is 9.12. The number of nitrogens with one attached hydrogen (secondary N) is 1. The molecule has 3 nitrogen and oxygen atoms in total. The molecule has 0 saturated heterocycles. The van der Waals surface area contributed by atoms with Gasteiger partial charge in [0.15, 0.2) is 0 Å². The monoisotopic (exact) mass is 381 g/mol. The molecule has 1 atom stereocenters. The second kappa shape index (κ2) is 9.58. The number of hydrogen-bond acceptors (Lipinski definition) is 1. The van der Waals surface area contributed by atoms with E-state index >= 15 is 0 Å². The van der Waals surface area contributed by atoms with E-state index in [1.54, 1.807) is 0 Å². The molecule has 0 amide bonds. The third-order valence-electron chi connectivity index (χ3n) is 5.75. The molecule has 0 unspecified atom stereocenters. The molecule has 3 aromatic rings. The Labute approximate surface area is 170 Å². The number of aliphatic hydroxyl groups excluding tert-OH is 1. The zero-order valence-corrected chi connectivity index (χ0v) is 18.0. The quantitative estimate of drug-likeness (QED) is 0.543. The molecule has 0 aliphatic rings. The van der Waals surface area contributed by atoms with Gasteiger partial charge in [-0.15, -0.1) is 0 Å². The van der Waals surface area contributed by atoms with Crippen molar-refractivity contribution in [3.05, 3.63) is 48.5 Å². The van der Waals surface area contributed by atoms with Gasteiger partial charge >= 0.3 is 0 Å². The van der Waals surface area contributed by atoms with Crippen molar-refractivity contribution in [1.29, 1.82) is 0 Å². The molecule has 3 rings (SSSR count). The number of aromatic nitrogens is 1. The van der Waals surface area contributed by atoms with Gasteiger partial charge < -0.3 is 14.6 Å². The average molecular weight is 382 g/mol. The first-order valence-corrected chi connectivity index (χ1v) is 10.9. The molecular formula is C25H37N2O+. The summed E-state index contributed by atoms with van der Waals surface area (Å²) in [4.78, 5) is 1.54. The van der Waals surface area contributed by atoms with E-state index in [4.69, 9.17) is 0 Å². The van der Waals surface area contributed by atoms with Gasteiger partial charge in [0.25, 0.3) is 0 Å². The Bertz CT molecular complexity index is 815. The van der Waals surface area contributed by atoms with E-state index in [-0.39, 0.29) is 6.10 Å². The first-order valence-electron chi connectivity index (χ1n) is 10.9. The van der Waals surface area contributed by atoms with Crippen LogP contribution in [0.15, 0.2) is 48.5 Å². The van der Waals surface area contributed by atoms with E-state index in [1.807, 2.05) is 0 Å². The van der Waals surface area contributed by atoms with Crippen LogP contribution in [0.5, 0.6) is 0 Å². The molecule has 0 aliphatic heterocycles. The molecule has 2 aromatic carbocycles. The van der Waals surface area contributed by atoms with Crippen LogP contribution in [0.25, 0.3) is 21.8 Å². The van der Waals surface area contributed by atoms with Gasteiger partial charge in [-0.2, -0.15) is 0 Å². The van der Waals surface area contributed by atoms with Gasteiger partial charge in [0.1, 0.15) is 12.6 Å². The maximum absolute atomic E-state index is 11.0. The Morgan fingerprint density at radius 2 is 1.25 bits per heavy atom. The fourth-order valence-corrected chi connectivity index (χ4v) is 4.12. The van der Waals surface area contributed by atoms with Gasteiger partial charge in [-0.05, 0) is 36.8 Å². The van der Waals surface area contributed by atoms with Crippen LogP contribution in [0.1, 0.15) is 40.5 Å². The molecule has 0 radical (unpaired) electrons. The van der Waals surface area contributed by atoms with Crippen LogP contribution in [0.3, 0.4) is 0 Å². The van der Waals surface area contributed by atoms with Crippen molar-refractivity contribution in [2.24, 2.45) is 11.8 Å². The standard InChI is InChI=1S/C25H36N2O/c1-19(2)13-15-26(16-14-20(3)4)17-21(28)18-27-24-11-7-5-9-22(24)23-10-6-8-12-25(23)27/h5-12,19-21,28H,13-18H2,1-4H3/p+1/t21-/m0/s1. The topological polar surface area (TPSA) is 29.6 Å². The van der Waals surface area contributed by atoms with Gasteiger partial charge in [0.05, 0.1) is 19.6 Å². The number of para-hydroxylation sites is 2. The van der Waals surface area contributed by atoms with E-state index in [1.165, 1.54) is 39.5 Å². The van der Waals surface area contributed by atoms with E-state index in [0.717, 1.165) is 19.6 Å². The van der Waals surface area contributed by atoms with Crippen molar-refractivity contribution in [3.63, 3.8) is 0 Å². The first-order chi connectivity index (χ1) is 13.5. The maximum Gasteiger partial charge on any atom is 0.121 e. The lowest BCUT2D eigenvalue weighted by atomic mass is 10.1. The van der Waals surface area contributed by atoms with Crippen molar-refractivity contribution in [1.82, 2.24) is 4.57 Å². The predicted molar refractivity (Wildman–Crippen MR) is 120 cm³/mol. The van der Waals surface area contributed by atoms with Gasteiger partial charge in [0, 0.05) is 21.8 Å². The molecule has 0 aliphatic carbocycles. The summed E-state index contributed by atoms with van der Waals surface area (Å²) in [7, 11) is 0. The van der Waals surface area contributed by atoms with E-state index in [2.05, 4.69) is 80.8 Å². The molecule has 2 N–H and O–H groups in total. The fraction of sp³-hybridized carbons (Fsp3) is 0.520. The maximum atomic E-state index is 11.0. The summed E-state index contributed by atoms with van der Waals surface area (Å²) in [5.74, 6) is 1.42. The molecule has 0 bridgehead atoms. The average Bonchev–Trinajstić information content (AvgIpc) is 2.98. The highest BCUT2D eigenvalue weighted by Crippen LogP contribution is 2.28.